The molecular weight excluding hydrogens is 402 g/mol. The summed E-state index contributed by atoms with van der Waals surface area (Å²) in [6, 6.07) is 10.6. The number of benzene rings is 2. The molecule has 6 nitrogen and oxygen atoms in total. The van der Waals surface area contributed by atoms with Gasteiger partial charge < -0.3 is 10.2 Å². The Labute approximate surface area is 178 Å². The lowest BCUT2D eigenvalue weighted by atomic mass is 10.1. The van der Waals surface area contributed by atoms with Crippen LogP contribution in [0.3, 0.4) is 0 Å². The number of aryl methyl sites for hydroxylation is 1. The zero-order chi connectivity index (χ0) is 22.0. The topological polar surface area (TPSA) is 67.2 Å². The Morgan fingerprint density at radius 1 is 1.13 bits per heavy atom. The minimum atomic E-state index is -0.782. The van der Waals surface area contributed by atoms with Crippen LogP contribution in [0.25, 0.3) is 11.3 Å². The van der Waals surface area contributed by atoms with E-state index in [9.17, 15) is 18.4 Å². The quantitative estimate of drug-likeness (QED) is 0.677. The number of amides is 2. The summed E-state index contributed by atoms with van der Waals surface area (Å²) in [4.78, 5) is 26.6. The van der Waals surface area contributed by atoms with Crippen LogP contribution >= 0.6 is 0 Å². The van der Waals surface area contributed by atoms with E-state index in [2.05, 4.69) is 10.4 Å². The highest BCUT2D eigenvalue weighted by Gasteiger charge is 2.21. The maximum Gasteiger partial charge on any atom is 0.255 e. The van der Waals surface area contributed by atoms with E-state index in [0.717, 1.165) is 42.8 Å². The van der Waals surface area contributed by atoms with Gasteiger partial charge in [-0.05, 0) is 42.7 Å². The van der Waals surface area contributed by atoms with Crippen LogP contribution in [-0.4, -0.2) is 28.1 Å². The van der Waals surface area contributed by atoms with E-state index in [1.807, 2.05) is 24.3 Å². The molecule has 2 amide bonds. The number of aromatic nitrogens is 2. The van der Waals surface area contributed by atoms with Gasteiger partial charge in [-0.3, -0.25) is 14.3 Å². The number of carbonyl (C=O) groups excluding carboxylic acids is 2. The van der Waals surface area contributed by atoms with Gasteiger partial charge in [-0.2, -0.15) is 5.10 Å². The lowest BCUT2D eigenvalue weighted by Crippen LogP contribution is -2.35. The summed E-state index contributed by atoms with van der Waals surface area (Å²) in [5.41, 5.74) is 2.11. The highest BCUT2D eigenvalue weighted by molar-refractivity contribution is 5.99. The molecule has 0 bridgehead atoms. The van der Waals surface area contributed by atoms with Crippen LogP contribution in [0.2, 0.25) is 0 Å². The van der Waals surface area contributed by atoms with Crippen LogP contribution in [-0.2, 0) is 18.4 Å². The second-order valence-electron chi connectivity index (χ2n) is 7.54. The summed E-state index contributed by atoms with van der Waals surface area (Å²) in [5.74, 6) is -1.76. The number of halogens is 2. The first kappa shape index (κ1) is 20.7. The third kappa shape index (κ3) is 4.47. The van der Waals surface area contributed by atoms with Crippen LogP contribution in [0.1, 0.15) is 35.2 Å². The standard InChI is InChI=1S/C23H22F2N4O2/c1-28-14-19(22(27-28)18-10-7-16(24)12-20(18)25)23(31)26-13-15-5-8-17(9-6-15)29-11-3-2-4-21(29)30/h5-10,12,14H,2-4,11,13H2,1H3,(H,26,31). The van der Waals surface area contributed by atoms with Gasteiger partial charge in [-0.1, -0.05) is 12.1 Å². The Balaban J connectivity index is 1.46. The Kier molecular flexibility index (Phi) is 5.79. The number of nitrogens with one attached hydrogen (secondary N) is 1. The number of hydrogen-bond donors (Lipinski definition) is 1. The van der Waals surface area contributed by atoms with Gasteiger partial charge in [0.2, 0.25) is 5.91 Å². The zero-order valence-corrected chi connectivity index (χ0v) is 17.1. The smallest absolute Gasteiger partial charge is 0.255 e. The first-order valence-electron chi connectivity index (χ1n) is 10.1. The van der Waals surface area contributed by atoms with Crippen LogP contribution in [0.15, 0.2) is 48.7 Å². The molecule has 0 spiro atoms. The predicted octanol–water partition coefficient (Wildman–Crippen LogP) is 3.81. The summed E-state index contributed by atoms with van der Waals surface area (Å²) in [6.45, 7) is 0.978. The van der Waals surface area contributed by atoms with Gasteiger partial charge in [0.15, 0.2) is 0 Å². The highest BCUT2D eigenvalue weighted by Crippen LogP contribution is 2.26. The summed E-state index contributed by atoms with van der Waals surface area (Å²) in [6.07, 6.45) is 3.99. The van der Waals surface area contributed by atoms with Gasteiger partial charge in [0.25, 0.3) is 5.91 Å². The van der Waals surface area contributed by atoms with Crippen LogP contribution in [0, 0.1) is 11.6 Å². The molecule has 1 aromatic heterocycles. The second kappa shape index (κ2) is 8.67. The van der Waals surface area contributed by atoms with Crippen molar-refractivity contribution in [2.75, 3.05) is 11.4 Å². The van der Waals surface area contributed by atoms with E-state index in [4.69, 9.17) is 0 Å². The Morgan fingerprint density at radius 3 is 2.61 bits per heavy atom. The van der Waals surface area contributed by atoms with E-state index >= 15 is 0 Å². The molecule has 0 radical (unpaired) electrons. The van der Waals surface area contributed by atoms with Gasteiger partial charge in [-0.15, -0.1) is 0 Å². The van der Waals surface area contributed by atoms with E-state index in [1.54, 1.807) is 11.9 Å². The van der Waals surface area contributed by atoms with Gasteiger partial charge in [-0.25, -0.2) is 8.78 Å². The van der Waals surface area contributed by atoms with Crippen molar-refractivity contribution in [3.8, 4) is 11.3 Å². The summed E-state index contributed by atoms with van der Waals surface area (Å²) < 4.78 is 28.9. The monoisotopic (exact) mass is 424 g/mol. The van der Waals surface area contributed by atoms with E-state index in [-0.39, 0.29) is 29.3 Å². The fraction of sp³-hybridized carbons (Fsp3) is 0.261. The Hall–Kier alpha value is -3.55. The van der Waals surface area contributed by atoms with Crippen molar-refractivity contribution >= 4 is 17.5 Å². The van der Waals surface area contributed by atoms with Crippen molar-refractivity contribution in [3.05, 3.63) is 71.4 Å². The van der Waals surface area contributed by atoms with Gasteiger partial charge >= 0.3 is 0 Å². The van der Waals surface area contributed by atoms with E-state index in [1.165, 1.54) is 16.9 Å². The predicted molar refractivity (Wildman–Crippen MR) is 112 cm³/mol. The van der Waals surface area contributed by atoms with Crippen molar-refractivity contribution in [1.29, 1.82) is 0 Å². The molecule has 1 saturated heterocycles. The van der Waals surface area contributed by atoms with Crippen LogP contribution < -0.4 is 10.2 Å². The molecule has 1 aliphatic rings. The minimum Gasteiger partial charge on any atom is -0.348 e. The normalized spacial score (nSPS) is 14.0. The van der Waals surface area contributed by atoms with Gasteiger partial charge in [0, 0.05) is 50.1 Å². The first-order chi connectivity index (χ1) is 14.9. The molecule has 31 heavy (non-hydrogen) atoms. The Bertz CT molecular complexity index is 1130. The summed E-state index contributed by atoms with van der Waals surface area (Å²) in [5, 5.41) is 6.98. The molecule has 8 heteroatoms. The lowest BCUT2D eigenvalue weighted by Gasteiger charge is -2.26. The molecule has 0 saturated carbocycles. The maximum absolute atomic E-state index is 14.2. The fourth-order valence-corrected chi connectivity index (χ4v) is 3.69. The van der Waals surface area contributed by atoms with Crippen molar-refractivity contribution in [3.63, 3.8) is 0 Å². The van der Waals surface area contributed by atoms with Crippen molar-refractivity contribution in [2.45, 2.75) is 25.8 Å². The third-order valence-corrected chi connectivity index (χ3v) is 5.28. The van der Waals surface area contributed by atoms with Crippen LogP contribution in [0.4, 0.5) is 14.5 Å². The first-order valence-corrected chi connectivity index (χ1v) is 10.1. The zero-order valence-electron chi connectivity index (χ0n) is 17.1. The average Bonchev–Trinajstić information content (AvgIpc) is 3.14. The fourth-order valence-electron chi connectivity index (χ4n) is 3.69. The number of nitrogens with zero attached hydrogens (tertiary/aromatic N) is 3. The number of carbonyl (C=O) groups is 2. The molecule has 160 valence electrons. The SMILES string of the molecule is Cn1cc(C(=O)NCc2ccc(N3CCCCC3=O)cc2)c(-c2ccc(F)cc2F)n1. The number of rotatable bonds is 5. The molecular formula is C23H22F2N4O2. The van der Waals surface area contributed by atoms with Crippen LogP contribution in [0.5, 0.6) is 0 Å². The molecule has 0 atom stereocenters. The number of piperidine rings is 1. The summed E-state index contributed by atoms with van der Waals surface area (Å²) in [7, 11) is 1.63. The minimum absolute atomic E-state index is 0.0581. The van der Waals surface area contributed by atoms with E-state index < -0.39 is 17.5 Å². The maximum atomic E-state index is 14.2. The number of anilines is 1. The molecule has 2 heterocycles. The van der Waals surface area contributed by atoms with E-state index in [0.29, 0.717) is 6.42 Å². The molecule has 3 aromatic rings. The highest BCUT2D eigenvalue weighted by atomic mass is 19.1. The lowest BCUT2D eigenvalue weighted by molar-refractivity contribution is -0.119. The van der Waals surface area contributed by atoms with Gasteiger partial charge in [0.05, 0.1) is 5.56 Å². The van der Waals surface area contributed by atoms with Crippen molar-refractivity contribution < 1.29 is 18.4 Å². The third-order valence-electron chi connectivity index (χ3n) is 5.28. The Morgan fingerprint density at radius 2 is 1.90 bits per heavy atom. The summed E-state index contributed by atoms with van der Waals surface area (Å²) >= 11 is 0. The molecule has 1 aliphatic heterocycles. The molecule has 2 aromatic carbocycles. The number of hydrogen-bond acceptors (Lipinski definition) is 3. The molecule has 1 N–H and O–H groups in total. The second-order valence-corrected chi connectivity index (χ2v) is 7.54. The molecule has 0 aliphatic carbocycles. The van der Waals surface area contributed by atoms with Crippen molar-refractivity contribution in [1.82, 2.24) is 15.1 Å². The average molecular weight is 424 g/mol. The van der Waals surface area contributed by atoms with Gasteiger partial charge in [0.1, 0.15) is 17.3 Å². The van der Waals surface area contributed by atoms with Crippen molar-refractivity contribution in [2.24, 2.45) is 7.05 Å². The molecule has 0 unspecified atom stereocenters. The largest absolute Gasteiger partial charge is 0.348 e. The molecule has 1 fully saturated rings. The molecule has 4 rings (SSSR count).